The predicted molar refractivity (Wildman–Crippen MR) is 154 cm³/mol. The van der Waals surface area contributed by atoms with Crippen LogP contribution in [0.15, 0.2) is 53.5 Å². The zero-order valence-electron chi connectivity index (χ0n) is 23.2. The Bertz CT molecular complexity index is 1680. The molecule has 220 valence electrons. The van der Waals surface area contributed by atoms with Crippen LogP contribution in [0.4, 0.5) is 10.1 Å². The van der Waals surface area contributed by atoms with Gasteiger partial charge in [0.15, 0.2) is 0 Å². The zero-order valence-corrected chi connectivity index (χ0v) is 24.0. The molecule has 3 aliphatic rings. The Morgan fingerprint density at radius 1 is 1.07 bits per heavy atom. The fraction of sp³-hybridized carbons (Fsp3) is 0.379. The summed E-state index contributed by atoms with van der Waals surface area (Å²) in [5.41, 5.74) is 2.09. The number of aliphatic imine (C=N–C) groups is 1. The molecule has 0 bridgehead atoms. The molecule has 0 aliphatic carbocycles. The molecule has 1 aromatic heterocycles. The van der Waals surface area contributed by atoms with Gasteiger partial charge in [0.05, 0.1) is 29.5 Å². The Kier molecular flexibility index (Phi) is 7.31. The Morgan fingerprint density at radius 2 is 1.81 bits per heavy atom. The van der Waals surface area contributed by atoms with Crippen molar-refractivity contribution < 1.29 is 27.1 Å². The van der Waals surface area contributed by atoms with E-state index in [1.807, 2.05) is 25.1 Å². The van der Waals surface area contributed by atoms with Crippen molar-refractivity contribution >= 4 is 33.2 Å². The summed E-state index contributed by atoms with van der Waals surface area (Å²) in [6.07, 6.45) is 1.32. The molecule has 2 atom stereocenters. The first-order valence-corrected chi connectivity index (χ1v) is 15.7. The van der Waals surface area contributed by atoms with Crippen molar-refractivity contribution in [2.24, 2.45) is 4.99 Å². The topological polar surface area (TPSA) is 135 Å². The zero-order chi connectivity index (χ0) is 29.6. The maximum Gasteiger partial charge on any atom is 0.269 e. The van der Waals surface area contributed by atoms with E-state index in [9.17, 15) is 22.4 Å². The van der Waals surface area contributed by atoms with Gasteiger partial charge in [-0.15, -0.1) is 0 Å². The smallest absolute Gasteiger partial charge is 0.269 e. The fourth-order valence-electron chi connectivity index (χ4n) is 5.67. The molecule has 1 fully saturated rings. The number of amides is 2. The lowest BCUT2D eigenvalue weighted by Gasteiger charge is -2.29. The van der Waals surface area contributed by atoms with Crippen LogP contribution in [0.5, 0.6) is 5.88 Å². The Balaban J connectivity index is 1.36. The third-order valence-corrected chi connectivity index (χ3v) is 9.17. The summed E-state index contributed by atoms with van der Waals surface area (Å²) < 4.78 is 48.2. The van der Waals surface area contributed by atoms with E-state index in [4.69, 9.17) is 9.84 Å². The highest BCUT2D eigenvalue weighted by atomic mass is 32.2. The number of anilines is 1. The molecule has 6 rings (SSSR count). The molecule has 3 aromatic rings. The lowest BCUT2D eigenvalue weighted by Crippen LogP contribution is -2.43. The molecule has 11 nitrogen and oxygen atoms in total. The number of hydrogen-bond acceptors (Lipinski definition) is 7. The Morgan fingerprint density at radius 3 is 2.52 bits per heavy atom. The molecule has 1 unspecified atom stereocenters. The molecular weight excluding hydrogens is 563 g/mol. The van der Waals surface area contributed by atoms with Crippen molar-refractivity contribution in [2.75, 3.05) is 24.7 Å². The van der Waals surface area contributed by atoms with Gasteiger partial charge in [0.25, 0.3) is 11.8 Å². The van der Waals surface area contributed by atoms with Gasteiger partial charge in [-0.1, -0.05) is 42.5 Å². The molecule has 2 N–H and O–H groups in total. The Labute approximate surface area is 242 Å². The largest absolute Gasteiger partial charge is 0.474 e. The minimum absolute atomic E-state index is 0.0137. The number of para-hydroxylation sites is 1. The van der Waals surface area contributed by atoms with Crippen molar-refractivity contribution in [2.45, 2.75) is 50.9 Å². The number of ether oxygens (including phenoxy) is 1. The summed E-state index contributed by atoms with van der Waals surface area (Å²) in [5.74, 6) is -1.80. The summed E-state index contributed by atoms with van der Waals surface area (Å²) in [4.78, 5) is 32.0. The van der Waals surface area contributed by atoms with E-state index < -0.39 is 33.8 Å². The van der Waals surface area contributed by atoms with Crippen molar-refractivity contribution in [1.29, 1.82) is 0 Å². The summed E-state index contributed by atoms with van der Waals surface area (Å²) in [7, 11) is -3.33. The van der Waals surface area contributed by atoms with E-state index in [0.29, 0.717) is 67.3 Å². The molecule has 13 heteroatoms. The van der Waals surface area contributed by atoms with Gasteiger partial charge in [-0.05, 0) is 25.8 Å². The minimum atomic E-state index is -3.33. The average molecular weight is 595 g/mol. The lowest BCUT2D eigenvalue weighted by atomic mass is 9.92. The number of hydrogen-bond donors (Lipinski definition) is 2. The average Bonchev–Trinajstić information content (AvgIpc) is 3.28. The van der Waals surface area contributed by atoms with Crippen LogP contribution in [0.25, 0.3) is 0 Å². The van der Waals surface area contributed by atoms with Gasteiger partial charge >= 0.3 is 0 Å². The molecular formula is C29H31FN6O5S. The maximum absolute atomic E-state index is 14.9. The Hall–Kier alpha value is -4.10. The van der Waals surface area contributed by atoms with Crippen LogP contribution in [0.3, 0.4) is 0 Å². The highest BCUT2D eigenvalue weighted by Gasteiger charge is 2.37. The van der Waals surface area contributed by atoms with E-state index in [2.05, 4.69) is 15.6 Å². The van der Waals surface area contributed by atoms with E-state index >= 15 is 0 Å². The number of nitrogens with zero attached hydrogens (tertiary/aromatic N) is 4. The van der Waals surface area contributed by atoms with Gasteiger partial charge in [0, 0.05) is 43.1 Å². The van der Waals surface area contributed by atoms with Crippen molar-refractivity contribution in [3.8, 4) is 5.88 Å². The number of benzodiazepines with no additional fused rings is 1. The molecule has 4 heterocycles. The number of aromatic nitrogens is 2. The third-order valence-electron chi connectivity index (χ3n) is 7.87. The number of rotatable bonds is 5. The van der Waals surface area contributed by atoms with Crippen LogP contribution in [0.2, 0.25) is 0 Å². The third kappa shape index (κ3) is 5.29. The van der Waals surface area contributed by atoms with Crippen molar-refractivity contribution in [3.05, 3.63) is 76.7 Å². The van der Waals surface area contributed by atoms with Crippen LogP contribution < -0.4 is 15.4 Å². The number of benzene rings is 2. The van der Waals surface area contributed by atoms with E-state index in [0.717, 1.165) is 0 Å². The normalized spacial score (nSPS) is 21.3. The van der Waals surface area contributed by atoms with Gasteiger partial charge in [-0.2, -0.15) is 5.10 Å². The molecule has 42 heavy (non-hydrogen) atoms. The highest BCUT2D eigenvalue weighted by molar-refractivity contribution is 7.88. The molecule has 0 radical (unpaired) electrons. The SMILES string of the molecule is CC1CCn2nc(C3CCN(S(C)(=O)=O)CC3)c(C(=O)N[C@H]3N=C(c4ccccc4)c4cccc(F)c4NC3=O)c2O1. The quantitative estimate of drug-likeness (QED) is 0.467. The first kappa shape index (κ1) is 28.0. The van der Waals surface area contributed by atoms with Crippen LogP contribution in [0.1, 0.15) is 59.3 Å². The predicted octanol–water partition coefficient (Wildman–Crippen LogP) is 2.88. The second-order valence-electron chi connectivity index (χ2n) is 10.8. The molecule has 0 saturated carbocycles. The monoisotopic (exact) mass is 594 g/mol. The second kappa shape index (κ2) is 11.0. The number of halogens is 1. The fourth-order valence-corrected chi connectivity index (χ4v) is 6.54. The van der Waals surface area contributed by atoms with Gasteiger partial charge in [0.1, 0.15) is 11.4 Å². The molecule has 0 spiro atoms. The van der Waals surface area contributed by atoms with Gasteiger partial charge in [0.2, 0.25) is 22.1 Å². The summed E-state index contributed by atoms with van der Waals surface area (Å²) in [6.45, 7) is 3.07. The van der Waals surface area contributed by atoms with Crippen LogP contribution in [-0.4, -0.2) is 71.6 Å². The molecule has 2 aromatic carbocycles. The van der Waals surface area contributed by atoms with Crippen LogP contribution >= 0.6 is 0 Å². The summed E-state index contributed by atoms with van der Waals surface area (Å²) >= 11 is 0. The van der Waals surface area contributed by atoms with E-state index in [-0.39, 0.29) is 23.3 Å². The lowest BCUT2D eigenvalue weighted by molar-refractivity contribution is -0.117. The van der Waals surface area contributed by atoms with E-state index in [1.165, 1.54) is 22.7 Å². The number of carbonyl (C=O) groups excluding carboxylic acids is 2. The van der Waals surface area contributed by atoms with Gasteiger partial charge < -0.3 is 15.4 Å². The second-order valence-corrected chi connectivity index (χ2v) is 12.8. The number of carbonyl (C=O) groups is 2. The number of nitrogens with one attached hydrogen (secondary N) is 2. The standard InChI is InChI=1S/C29H31FN6O5S/c1-17-11-16-36-29(41-17)22(24(34-36)19-12-14-35(15-13-19)42(2,39)40)27(37)33-26-28(38)32-25-20(9-6-10-21(25)30)23(31-26)18-7-4-3-5-8-18/h3-10,17,19,26H,11-16H2,1-2H3,(H,32,38)(H,33,37)/t17?,26-/m1/s1. The molecule has 2 amide bonds. The number of aryl methyl sites for hydroxylation is 1. The van der Waals surface area contributed by atoms with Gasteiger partial charge in [-0.3, -0.25) is 9.59 Å². The summed E-state index contributed by atoms with van der Waals surface area (Å²) in [5, 5.41) is 10.1. The first-order valence-electron chi connectivity index (χ1n) is 13.9. The van der Waals surface area contributed by atoms with Crippen LogP contribution in [-0.2, 0) is 21.4 Å². The number of sulfonamides is 1. The van der Waals surface area contributed by atoms with Crippen molar-refractivity contribution in [3.63, 3.8) is 0 Å². The number of piperidine rings is 1. The first-order chi connectivity index (χ1) is 20.1. The maximum atomic E-state index is 14.9. The molecule has 1 saturated heterocycles. The minimum Gasteiger partial charge on any atom is -0.474 e. The van der Waals surface area contributed by atoms with E-state index in [1.54, 1.807) is 22.9 Å². The van der Waals surface area contributed by atoms with Crippen molar-refractivity contribution in [1.82, 2.24) is 19.4 Å². The van der Waals surface area contributed by atoms with Gasteiger partial charge in [-0.25, -0.2) is 26.8 Å². The molecule has 3 aliphatic heterocycles. The van der Waals surface area contributed by atoms with Crippen LogP contribution in [0, 0.1) is 5.82 Å². The highest BCUT2D eigenvalue weighted by Crippen LogP contribution is 2.37. The number of fused-ring (bicyclic) bond motifs is 2. The summed E-state index contributed by atoms with van der Waals surface area (Å²) in [6, 6.07) is 13.5.